The van der Waals surface area contributed by atoms with Crippen molar-refractivity contribution in [2.75, 3.05) is 26.9 Å². The second-order valence-electron chi connectivity index (χ2n) is 13.4. The topological polar surface area (TPSA) is 18.5 Å². The summed E-state index contributed by atoms with van der Waals surface area (Å²) < 4.78 is 9.90. The first-order chi connectivity index (χ1) is 15.6. The highest BCUT2D eigenvalue weighted by Gasteiger charge is 2.13. The molecule has 0 aromatic carbocycles. The van der Waals surface area contributed by atoms with Crippen molar-refractivity contribution in [3.8, 4) is 0 Å². The highest BCUT2D eigenvalue weighted by Crippen LogP contribution is 2.23. The zero-order valence-corrected chi connectivity index (χ0v) is 29.2. The van der Waals surface area contributed by atoms with Crippen LogP contribution in [0.4, 0.5) is 0 Å². The van der Waals surface area contributed by atoms with Gasteiger partial charge in [0.05, 0.1) is 0 Å². The van der Waals surface area contributed by atoms with E-state index in [-0.39, 0.29) is 7.43 Å². The molecule has 0 aliphatic heterocycles. The fourth-order valence-electron chi connectivity index (χ4n) is 0.687. The molecule has 0 saturated heterocycles. The Kier molecular flexibility index (Phi) is 53.9. The molecule has 0 atom stereocenters. The standard InChI is InChI=1S/C7H16.C6H14O.C6H14.C5H12O.C5H12.C4H10.CH4/c1-6(2)7(3,4)5;1-4-7-5-6(2)3;1-5(2)6(3)4;1-5(2)4-6-3;1-4-5(2)3;1-4(2)3;/h6H,1-5H3;6H,4-5H2,1-3H3;5-6H,1-4H3;5H,4H2,1-3H3;5H,4H2,1-3H3;4H,1-3H3;1H4. The van der Waals surface area contributed by atoms with E-state index < -0.39 is 0 Å². The van der Waals surface area contributed by atoms with E-state index in [2.05, 4.69) is 132 Å². The van der Waals surface area contributed by atoms with Gasteiger partial charge in [0.2, 0.25) is 0 Å². The molecule has 0 fully saturated rings. The fraction of sp³-hybridized carbons (Fsp3) is 1.00. The normalized spacial score (nSPS) is 10.3. The Labute approximate surface area is 235 Å². The molecule has 0 radical (unpaired) electrons. The van der Waals surface area contributed by atoms with E-state index in [4.69, 9.17) is 9.47 Å². The Morgan fingerprint density at radius 1 is 0.556 bits per heavy atom. The number of rotatable bonds is 7. The van der Waals surface area contributed by atoms with Gasteiger partial charge in [-0.2, -0.15) is 0 Å². The van der Waals surface area contributed by atoms with E-state index in [1.54, 1.807) is 7.11 Å². The van der Waals surface area contributed by atoms with Crippen molar-refractivity contribution in [2.45, 2.75) is 152 Å². The predicted molar refractivity (Wildman–Crippen MR) is 174 cm³/mol. The molecule has 230 valence electrons. The molecule has 0 aliphatic carbocycles. The van der Waals surface area contributed by atoms with Crippen LogP contribution in [-0.4, -0.2) is 26.9 Å². The van der Waals surface area contributed by atoms with Gasteiger partial charge >= 0.3 is 0 Å². The van der Waals surface area contributed by atoms with Crippen LogP contribution < -0.4 is 0 Å². The highest BCUT2D eigenvalue weighted by molar-refractivity contribution is 4.64. The second kappa shape index (κ2) is 37.1. The Hall–Kier alpha value is -0.0800. The molecule has 0 spiro atoms. The first-order valence-corrected chi connectivity index (χ1v) is 14.7. The lowest BCUT2D eigenvalue weighted by molar-refractivity contribution is 0.122. The molecule has 0 bridgehead atoms. The van der Waals surface area contributed by atoms with Gasteiger partial charge in [0.15, 0.2) is 0 Å². The highest BCUT2D eigenvalue weighted by atomic mass is 16.5. The second-order valence-corrected chi connectivity index (χ2v) is 13.4. The summed E-state index contributed by atoms with van der Waals surface area (Å²) in [5, 5.41) is 0. The third-order valence-corrected chi connectivity index (χ3v) is 5.04. The molecule has 0 aromatic rings. The minimum Gasteiger partial charge on any atom is -0.384 e. The molecular formula is C34H82O2. The van der Waals surface area contributed by atoms with Crippen LogP contribution in [0.2, 0.25) is 0 Å². The maximum Gasteiger partial charge on any atom is 0.0488 e. The summed E-state index contributed by atoms with van der Waals surface area (Å²) in [5.74, 6) is 5.58. The van der Waals surface area contributed by atoms with Gasteiger partial charge in [-0.1, -0.05) is 145 Å². The lowest BCUT2D eigenvalue weighted by Crippen LogP contribution is -2.12. The maximum atomic E-state index is 5.09. The quantitative estimate of drug-likeness (QED) is 0.331. The Morgan fingerprint density at radius 2 is 0.806 bits per heavy atom. The average molecular weight is 523 g/mol. The Morgan fingerprint density at radius 3 is 0.833 bits per heavy atom. The van der Waals surface area contributed by atoms with Gasteiger partial charge in [-0.3, -0.25) is 0 Å². The van der Waals surface area contributed by atoms with E-state index in [1.165, 1.54) is 6.42 Å². The molecule has 0 N–H and O–H groups in total. The van der Waals surface area contributed by atoms with Gasteiger partial charge in [0, 0.05) is 26.9 Å². The largest absolute Gasteiger partial charge is 0.384 e. The lowest BCUT2D eigenvalue weighted by Gasteiger charge is -2.22. The van der Waals surface area contributed by atoms with Crippen LogP contribution in [0.15, 0.2) is 0 Å². The summed E-state index contributed by atoms with van der Waals surface area (Å²) in [4.78, 5) is 0. The van der Waals surface area contributed by atoms with Crippen molar-refractivity contribution in [3.05, 3.63) is 0 Å². The molecule has 0 amide bonds. The molecule has 2 nitrogen and oxygen atoms in total. The SMILES string of the molecule is C.CC(C)C.CC(C)C(C)(C)C.CC(C)C(C)C.CCC(C)C.CCOCC(C)C.COCC(C)C. The molecule has 2 heteroatoms. The van der Waals surface area contributed by atoms with Crippen LogP contribution >= 0.6 is 0 Å². The summed E-state index contributed by atoms with van der Waals surface area (Å²) in [7, 11) is 1.72. The van der Waals surface area contributed by atoms with Crippen LogP contribution in [0.5, 0.6) is 0 Å². The van der Waals surface area contributed by atoms with E-state index >= 15 is 0 Å². The van der Waals surface area contributed by atoms with E-state index in [9.17, 15) is 0 Å². The first-order valence-electron chi connectivity index (χ1n) is 14.7. The van der Waals surface area contributed by atoms with Crippen molar-refractivity contribution in [1.29, 1.82) is 0 Å². The third-order valence-electron chi connectivity index (χ3n) is 5.04. The number of methoxy groups -OCH3 is 1. The maximum absolute atomic E-state index is 5.09. The molecule has 0 unspecified atom stereocenters. The van der Waals surface area contributed by atoms with E-state index in [1.807, 2.05) is 6.92 Å². The molecule has 0 aromatic heterocycles. The van der Waals surface area contributed by atoms with Crippen molar-refractivity contribution < 1.29 is 9.47 Å². The van der Waals surface area contributed by atoms with E-state index in [0.29, 0.717) is 17.3 Å². The van der Waals surface area contributed by atoms with Crippen LogP contribution in [-0.2, 0) is 9.47 Å². The molecule has 0 heterocycles. The summed E-state index contributed by atoms with van der Waals surface area (Å²) in [6, 6.07) is 0. The molecule has 36 heavy (non-hydrogen) atoms. The van der Waals surface area contributed by atoms with Crippen molar-refractivity contribution >= 4 is 0 Å². The Bertz CT molecular complexity index is 312. The first kappa shape index (κ1) is 52.4. The monoisotopic (exact) mass is 523 g/mol. The Balaban J connectivity index is -0.0000000563. The summed E-state index contributed by atoms with van der Waals surface area (Å²) in [6.45, 7) is 46.6. The van der Waals surface area contributed by atoms with Gasteiger partial charge in [-0.25, -0.2) is 0 Å². The smallest absolute Gasteiger partial charge is 0.0488 e. The predicted octanol–water partition coefficient (Wildman–Crippen LogP) is 12.3. The number of hydrogen-bond donors (Lipinski definition) is 0. The van der Waals surface area contributed by atoms with Gasteiger partial charge in [0.1, 0.15) is 0 Å². The molecule has 0 aliphatic rings. The van der Waals surface area contributed by atoms with Crippen LogP contribution in [0.25, 0.3) is 0 Å². The van der Waals surface area contributed by atoms with Crippen molar-refractivity contribution in [2.24, 2.45) is 46.8 Å². The van der Waals surface area contributed by atoms with E-state index in [0.717, 1.165) is 49.4 Å². The molecule has 0 rings (SSSR count). The van der Waals surface area contributed by atoms with Gasteiger partial charge in [0.25, 0.3) is 0 Å². The fourth-order valence-corrected chi connectivity index (χ4v) is 0.687. The van der Waals surface area contributed by atoms with Crippen LogP contribution in [0.1, 0.15) is 152 Å². The molecule has 0 saturated carbocycles. The summed E-state index contributed by atoms with van der Waals surface area (Å²) in [6.07, 6.45) is 1.31. The number of hydrogen-bond acceptors (Lipinski definition) is 2. The van der Waals surface area contributed by atoms with Crippen molar-refractivity contribution in [3.63, 3.8) is 0 Å². The van der Waals surface area contributed by atoms with Gasteiger partial charge in [-0.05, 0) is 53.8 Å². The summed E-state index contributed by atoms with van der Waals surface area (Å²) >= 11 is 0. The molecular weight excluding hydrogens is 440 g/mol. The minimum atomic E-state index is 0. The van der Waals surface area contributed by atoms with Crippen LogP contribution in [0.3, 0.4) is 0 Å². The average Bonchev–Trinajstić information content (AvgIpc) is 2.66. The minimum absolute atomic E-state index is 0. The van der Waals surface area contributed by atoms with Crippen molar-refractivity contribution in [1.82, 2.24) is 0 Å². The lowest BCUT2D eigenvalue weighted by atomic mass is 9.84. The van der Waals surface area contributed by atoms with Gasteiger partial charge in [-0.15, -0.1) is 0 Å². The van der Waals surface area contributed by atoms with Gasteiger partial charge < -0.3 is 9.47 Å². The zero-order chi connectivity index (χ0) is 29.8. The van der Waals surface area contributed by atoms with Crippen LogP contribution in [0, 0.1) is 46.8 Å². The zero-order valence-electron chi connectivity index (χ0n) is 29.2. The third kappa shape index (κ3) is 103. The number of ether oxygens (including phenoxy) is 2. The summed E-state index contributed by atoms with van der Waals surface area (Å²) in [5.41, 5.74) is 0.500.